The molecule has 0 saturated heterocycles. The maximum absolute atomic E-state index is 5.88. The molecule has 0 fully saturated rings. The first-order valence-corrected chi connectivity index (χ1v) is 5.03. The molecule has 2 N–H and O–H groups in total. The molecule has 3 rings (SSSR count). The highest BCUT2D eigenvalue weighted by Crippen LogP contribution is 2.28. The number of nitrogens with zero attached hydrogens (tertiary/aromatic N) is 3. The average molecular weight is 200 g/mol. The van der Waals surface area contributed by atoms with Crippen molar-refractivity contribution in [3.63, 3.8) is 0 Å². The van der Waals surface area contributed by atoms with Crippen molar-refractivity contribution in [1.29, 1.82) is 0 Å². The summed E-state index contributed by atoms with van der Waals surface area (Å²) in [5.74, 6) is 1.53. The van der Waals surface area contributed by atoms with Gasteiger partial charge < -0.3 is 5.73 Å². The molecule has 2 heterocycles. The predicted octanol–water partition coefficient (Wildman–Crippen LogP) is 1.02. The summed E-state index contributed by atoms with van der Waals surface area (Å²) in [6, 6.07) is 6.19. The molecule has 1 aromatic rings. The third kappa shape index (κ3) is 1.14. The zero-order valence-corrected chi connectivity index (χ0v) is 8.57. The van der Waals surface area contributed by atoms with Crippen LogP contribution in [-0.4, -0.2) is 29.8 Å². The molecule has 0 aromatic heterocycles. The quantitative estimate of drug-likeness (QED) is 0.679. The molecule has 0 aliphatic carbocycles. The molecule has 0 amide bonds. The van der Waals surface area contributed by atoms with Crippen LogP contribution < -0.4 is 5.73 Å². The molecule has 0 radical (unpaired) electrons. The van der Waals surface area contributed by atoms with Gasteiger partial charge in [-0.3, -0.25) is 9.89 Å². The highest BCUT2D eigenvalue weighted by molar-refractivity contribution is 6.15. The molecule has 4 nitrogen and oxygen atoms in total. The van der Waals surface area contributed by atoms with Gasteiger partial charge in [-0.15, -0.1) is 0 Å². The fourth-order valence-corrected chi connectivity index (χ4v) is 2.01. The van der Waals surface area contributed by atoms with E-state index >= 15 is 0 Å². The maximum atomic E-state index is 5.88. The SMILES string of the molecule is Cc1ccc2c(c1)N=C(N)N1CCN=C21. The van der Waals surface area contributed by atoms with Crippen LogP contribution in [0.2, 0.25) is 0 Å². The van der Waals surface area contributed by atoms with Gasteiger partial charge in [-0.05, 0) is 24.6 Å². The highest BCUT2D eigenvalue weighted by Gasteiger charge is 2.27. The fraction of sp³-hybridized carbons (Fsp3) is 0.273. The number of nitrogens with two attached hydrogens (primary N) is 1. The van der Waals surface area contributed by atoms with Crippen LogP contribution in [0.3, 0.4) is 0 Å². The summed E-state index contributed by atoms with van der Waals surface area (Å²) in [6.07, 6.45) is 0. The minimum atomic E-state index is 0.560. The number of fused-ring (bicyclic) bond motifs is 3. The molecule has 1 aromatic carbocycles. The Kier molecular flexibility index (Phi) is 1.59. The Morgan fingerprint density at radius 2 is 2.27 bits per heavy atom. The lowest BCUT2D eigenvalue weighted by molar-refractivity contribution is 0.653. The topological polar surface area (TPSA) is 54.0 Å². The van der Waals surface area contributed by atoms with Gasteiger partial charge in [0.15, 0.2) is 0 Å². The Morgan fingerprint density at radius 1 is 1.40 bits per heavy atom. The van der Waals surface area contributed by atoms with Crippen molar-refractivity contribution in [3.8, 4) is 0 Å². The van der Waals surface area contributed by atoms with Crippen LogP contribution in [0.4, 0.5) is 5.69 Å². The molecule has 0 bridgehead atoms. The van der Waals surface area contributed by atoms with E-state index in [1.54, 1.807) is 0 Å². The van der Waals surface area contributed by atoms with Crippen molar-refractivity contribution in [2.45, 2.75) is 6.92 Å². The Balaban J connectivity index is 2.24. The fourth-order valence-electron chi connectivity index (χ4n) is 2.01. The van der Waals surface area contributed by atoms with Crippen molar-refractivity contribution < 1.29 is 0 Å². The second-order valence-electron chi connectivity index (χ2n) is 3.85. The van der Waals surface area contributed by atoms with E-state index in [-0.39, 0.29) is 0 Å². The van der Waals surface area contributed by atoms with Gasteiger partial charge in [-0.2, -0.15) is 0 Å². The molecule has 0 atom stereocenters. The van der Waals surface area contributed by atoms with Crippen molar-refractivity contribution in [2.24, 2.45) is 15.7 Å². The lowest BCUT2D eigenvalue weighted by atomic mass is 10.1. The van der Waals surface area contributed by atoms with Gasteiger partial charge >= 0.3 is 0 Å². The van der Waals surface area contributed by atoms with Crippen LogP contribution >= 0.6 is 0 Å². The number of guanidine groups is 1. The number of aliphatic imine (C=N–C) groups is 2. The summed E-state index contributed by atoms with van der Waals surface area (Å²) in [7, 11) is 0. The molecule has 0 spiro atoms. The number of aryl methyl sites for hydroxylation is 1. The van der Waals surface area contributed by atoms with E-state index in [0.717, 1.165) is 30.2 Å². The first-order chi connectivity index (χ1) is 7.25. The number of benzene rings is 1. The van der Waals surface area contributed by atoms with E-state index in [1.807, 2.05) is 11.0 Å². The van der Waals surface area contributed by atoms with Crippen LogP contribution in [0.25, 0.3) is 0 Å². The molecule has 0 unspecified atom stereocenters. The van der Waals surface area contributed by atoms with Crippen molar-refractivity contribution in [2.75, 3.05) is 13.1 Å². The van der Waals surface area contributed by atoms with E-state index in [2.05, 4.69) is 29.0 Å². The van der Waals surface area contributed by atoms with Crippen LogP contribution in [0.15, 0.2) is 28.2 Å². The van der Waals surface area contributed by atoms with Gasteiger partial charge in [0.1, 0.15) is 5.84 Å². The second-order valence-corrected chi connectivity index (χ2v) is 3.85. The van der Waals surface area contributed by atoms with Crippen LogP contribution in [0, 0.1) is 6.92 Å². The molecular weight excluding hydrogens is 188 g/mol. The zero-order chi connectivity index (χ0) is 10.4. The summed E-state index contributed by atoms with van der Waals surface area (Å²) in [5, 5.41) is 0. The van der Waals surface area contributed by atoms with Gasteiger partial charge in [0.2, 0.25) is 5.96 Å². The number of hydrogen-bond donors (Lipinski definition) is 1. The van der Waals surface area contributed by atoms with Crippen LogP contribution in [0.1, 0.15) is 11.1 Å². The summed E-state index contributed by atoms with van der Waals surface area (Å²) in [4.78, 5) is 10.8. The molecule has 0 saturated carbocycles. The van der Waals surface area contributed by atoms with E-state index in [4.69, 9.17) is 5.73 Å². The smallest absolute Gasteiger partial charge is 0.202 e. The van der Waals surface area contributed by atoms with E-state index in [1.165, 1.54) is 5.56 Å². The standard InChI is InChI=1S/C11H12N4/c1-7-2-3-8-9(6-7)14-11(12)15-5-4-13-10(8)15/h2-3,6H,4-5H2,1H3,(H2,12,14). The second kappa shape index (κ2) is 2.82. The Bertz CT molecular complexity index is 487. The van der Waals surface area contributed by atoms with Crippen LogP contribution in [-0.2, 0) is 0 Å². The third-order valence-corrected chi connectivity index (χ3v) is 2.75. The summed E-state index contributed by atoms with van der Waals surface area (Å²) >= 11 is 0. The first kappa shape index (κ1) is 8.47. The normalized spacial score (nSPS) is 18.1. The van der Waals surface area contributed by atoms with Crippen molar-refractivity contribution >= 4 is 17.5 Å². The highest BCUT2D eigenvalue weighted by atomic mass is 15.3. The van der Waals surface area contributed by atoms with Gasteiger partial charge in [-0.1, -0.05) is 6.07 Å². The van der Waals surface area contributed by atoms with Gasteiger partial charge in [0.05, 0.1) is 12.2 Å². The number of hydrogen-bond acceptors (Lipinski definition) is 4. The summed E-state index contributed by atoms with van der Waals surface area (Å²) < 4.78 is 0. The molecule has 2 aliphatic heterocycles. The number of amidine groups is 1. The van der Waals surface area contributed by atoms with Gasteiger partial charge in [0.25, 0.3) is 0 Å². The molecule has 76 valence electrons. The van der Waals surface area contributed by atoms with E-state index < -0.39 is 0 Å². The molecule has 4 heteroatoms. The first-order valence-electron chi connectivity index (χ1n) is 5.03. The van der Waals surface area contributed by atoms with E-state index in [0.29, 0.717) is 5.96 Å². The Labute approximate surface area is 88.1 Å². The van der Waals surface area contributed by atoms with E-state index in [9.17, 15) is 0 Å². The van der Waals surface area contributed by atoms with Crippen molar-refractivity contribution in [1.82, 2.24) is 4.90 Å². The van der Waals surface area contributed by atoms with Gasteiger partial charge in [-0.25, -0.2) is 4.99 Å². The average Bonchev–Trinajstić information content (AvgIpc) is 2.66. The Morgan fingerprint density at radius 3 is 3.13 bits per heavy atom. The third-order valence-electron chi connectivity index (χ3n) is 2.75. The lowest BCUT2D eigenvalue weighted by Gasteiger charge is -2.24. The van der Waals surface area contributed by atoms with Gasteiger partial charge in [0, 0.05) is 12.1 Å². The largest absolute Gasteiger partial charge is 0.369 e. The lowest BCUT2D eigenvalue weighted by Crippen LogP contribution is -2.42. The molecular formula is C11H12N4. The maximum Gasteiger partial charge on any atom is 0.202 e. The van der Waals surface area contributed by atoms with Crippen molar-refractivity contribution in [3.05, 3.63) is 29.3 Å². The zero-order valence-electron chi connectivity index (χ0n) is 8.57. The molecule has 2 aliphatic rings. The minimum absolute atomic E-state index is 0.560. The Hall–Kier alpha value is -1.84. The summed E-state index contributed by atoms with van der Waals surface area (Å²) in [5.41, 5.74) is 9.10. The monoisotopic (exact) mass is 200 g/mol. The van der Waals surface area contributed by atoms with Crippen LogP contribution in [0.5, 0.6) is 0 Å². The minimum Gasteiger partial charge on any atom is -0.369 e. The number of rotatable bonds is 0. The summed E-state index contributed by atoms with van der Waals surface area (Å²) in [6.45, 7) is 3.70. The molecule has 15 heavy (non-hydrogen) atoms. The predicted molar refractivity (Wildman–Crippen MR) is 60.6 cm³/mol.